The SMILES string of the molecule is O=C1c2cccc(-n3c4cc(-c5nc(-c6ccccc6)nc(-c6ccccc6)n5)ccc4c4ccc(-c5nc(-c6ccccc6)nc(-c6ccccc6)n5)cc43)c2C(=O)N1c1cccc(-c2ccccc2)c1-c1ccccc1. The number of amides is 2. The van der Waals surface area contributed by atoms with E-state index < -0.39 is 11.8 Å². The van der Waals surface area contributed by atoms with E-state index in [1.54, 1.807) is 6.07 Å². The van der Waals surface area contributed by atoms with Crippen molar-refractivity contribution in [1.82, 2.24) is 34.5 Å². The number of carbonyl (C=O) groups excluding carboxylic acids is 2. The van der Waals surface area contributed by atoms with Crippen LogP contribution in [0.2, 0.25) is 0 Å². The number of imide groups is 1. The molecule has 78 heavy (non-hydrogen) atoms. The number of carbonyl (C=O) groups is 2. The molecule has 0 N–H and O–H groups in total. The highest BCUT2D eigenvalue weighted by Crippen LogP contribution is 2.45. The number of benzene rings is 10. The Bertz CT molecular complexity index is 4160. The Hall–Kier alpha value is -10.8. The van der Waals surface area contributed by atoms with Crippen LogP contribution in [-0.4, -0.2) is 46.3 Å². The lowest BCUT2D eigenvalue weighted by molar-refractivity contribution is 0.0926. The summed E-state index contributed by atoms with van der Waals surface area (Å²) in [5.74, 6) is 2.21. The van der Waals surface area contributed by atoms with Gasteiger partial charge in [0.1, 0.15) is 0 Å². The summed E-state index contributed by atoms with van der Waals surface area (Å²) < 4.78 is 2.08. The number of rotatable bonds is 10. The summed E-state index contributed by atoms with van der Waals surface area (Å²) in [5.41, 5.74) is 11.5. The van der Waals surface area contributed by atoms with Crippen molar-refractivity contribution in [2.45, 2.75) is 0 Å². The van der Waals surface area contributed by atoms with Crippen molar-refractivity contribution in [3.8, 4) is 96.3 Å². The first kappa shape index (κ1) is 45.7. The highest BCUT2D eigenvalue weighted by atomic mass is 16.2. The first-order valence-corrected chi connectivity index (χ1v) is 25.6. The van der Waals surface area contributed by atoms with Gasteiger partial charge in [0.2, 0.25) is 0 Å². The Kier molecular flexibility index (Phi) is 11.2. The van der Waals surface area contributed by atoms with Crippen LogP contribution in [0.4, 0.5) is 5.69 Å². The minimum absolute atomic E-state index is 0.275. The van der Waals surface area contributed by atoms with Gasteiger partial charge in [0.05, 0.1) is 33.5 Å². The Balaban J connectivity index is 1.00. The maximum atomic E-state index is 15.7. The van der Waals surface area contributed by atoms with E-state index in [2.05, 4.69) is 28.8 Å². The third-order valence-electron chi connectivity index (χ3n) is 14.2. The molecule has 0 bridgehead atoms. The molecule has 0 radical (unpaired) electrons. The Morgan fingerprint density at radius 1 is 0.256 bits per heavy atom. The van der Waals surface area contributed by atoms with Crippen LogP contribution >= 0.6 is 0 Å². The van der Waals surface area contributed by atoms with Crippen molar-refractivity contribution >= 4 is 39.3 Å². The molecular formula is C68H42N8O2. The van der Waals surface area contributed by atoms with Crippen molar-refractivity contribution in [2.24, 2.45) is 0 Å². The van der Waals surface area contributed by atoms with E-state index in [1.807, 2.05) is 224 Å². The molecule has 10 nitrogen and oxygen atoms in total. The van der Waals surface area contributed by atoms with E-state index in [9.17, 15) is 0 Å². The highest BCUT2D eigenvalue weighted by molar-refractivity contribution is 6.37. The second kappa shape index (κ2) is 19.1. The van der Waals surface area contributed by atoms with E-state index in [1.165, 1.54) is 4.90 Å². The number of hydrogen-bond acceptors (Lipinski definition) is 8. The first-order chi connectivity index (χ1) is 38.5. The smallest absolute Gasteiger partial charge is 0.268 e. The van der Waals surface area contributed by atoms with Crippen molar-refractivity contribution in [1.29, 1.82) is 0 Å². The van der Waals surface area contributed by atoms with Gasteiger partial charge in [0.15, 0.2) is 34.9 Å². The standard InChI is InChI=1S/C68H42N8O2/c77-67-54-34-20-36-56(60(54)68(78)76(67)55-35-19-33-51(43-21-7-1-8-22-43)59(55)44-23-9-2-10-24-44)75-57-41-49(65-71-61(45-25-11-3-12-26-45)69-62(72-65)46-27-13-4-14-28-46)37-39-52(57)53-40-38-50(42-58(53)75)66-73-63(47-29-15-5-16-30-47)70-64(74-66)48-31-17-6-18-32-48/h1-42H. The van der Waals surface area contributed by atoms with E-state index in [-0.39, 0.29) is 5.56 Å². The fourth-order valence-corrected chi connectivity index (χ4v) is 10.6. The molecule has 14 rings (SSSR count). The molecule has 13 aromatic rings. The summed E-state index contributed by atoms with van der Waals surface area (Å²) in [5, 5.41) is 1.80. The molecule has 366 valence electrons. The second-order valence-corrected chi connectivity index (χ2v) is 19.0. The van der Waals surface area contributed by atoms with Gasteiger partial charge in [-0.2, -0.15) is 0 Å². The van der Waals surface area contributed by atoms with E-state index in [4.69, 9.17) is 29.9 Å². The predicted octanol–water partition coefficient (Wildman–Crippen LogP) is 15.3. The van der Waals surface area contributed by atoms with Crippen LogP contribution in [0.5, 0.6) is 0 Å². The van der Waals surface area contributed by atoms with Crippen molar-refractivity contribution in [3.63, 3.8) is 0 Å². The van der Waals surface area contributed by atoms with Crippen LogP contribution < -0.4 is 4.90 Å². The molecule has 10 aromatic carbocycles. The summed E-state index contributed by atoms with van der Waals surface area (Å²) in [6.45, 7) is 0. The molecule has 0 saturated heterocycles. The summed E-state index contributed by atoms with van der Waals surface area (Å²) in [6.07, 6.45) is 0. The minimum Gasteiger partial charge on any atom is -0.308 e. The van der Waals surface area contributed by atoms with Crippen molar-refractivity contribution < 1.29 is 9.59 Å². The number of nitrogens with zero attached hydrogens (tertiary/aromatic N) is 8. The second-order valence-electron chi connectivity index (χ2n) is 19.0. The first-order valence-electron chi connectivity index (χ1n) is 25.6. The molecule has 1 aliphatic rings. The van der Waals surface area contributed by atoms with Crippen LogP contribution in [0.25, 0.3) is 118 Å². The van der Waals surface area contributed by atoms with Crippen LogP contribution in [0, 0.1) is 0 Å². The maximum Gasteiger partial charge on any atom is 0.268 e. The molecule has 3 aromatic heterocycles. The van der Waals surface area contributed by atoms with Gasteiger partial charge in [-0.05, 0) is 47.0 Å². The average molecular weight is 1000 g/mol. The van der Waals surface area contributed by atoms with Gasteiger partial charge in [-0.3, -0.25) is 9.59 Å². The molecule has 0 atom stereocenters. The van der Waals surface area contributed by atoms with Crippen LogP contribution in [-0.2, 0) is 0 Å². The molecule has 0 aliphatic carbocycles. The summed E-state index contributed by atoms with van der Waals surface area (Å²) >= 11 is 0. The fraction of sp³-hybridized carbons (Fsp3) is 0. The Labute approximate surface area is 448 Å². The summed E-state index contributed by atoms with van der Waals surface area (Å²) in [6, 6.07) is 83.1. The third-order valence-corrected chi connectivity index (χ3v) is 14.2. The van der Waals surface area contributed by atoms with Gasteiger partial charge in [0.25, 0.3) is 11.8 Å². The third kappa shape index (κ3) is 8.00. The molecule has 10 heteroatoms. The van der Waals surface area contributed by atoms with Gasteiger partial charge < -0.3 is 4.57 Å². The predicted molar refractivity (Wildman–Crippen MR) is 309 cm³/mol. The largest absolute Gasteiger partial charge is 0.308 e. The topological polar surface area (TPSA) is 120 Å². The van der Waals surface area contributed by atoms with Crippen LogP contribution in [0.15, 0.2) is 255 Å². The van der Waals surface area contributed by atoms with Crippen molar-refractivity contribution in [3.05, 3.63) is 266 Å². The van der Waals surface area contributed by atoms with E-state index >= 15 is 9.59 Å². The quantitative estimate of drug-likeness (QED) is 0.124. The lowest BCUT2D eigenvalue weighted by atomic mass is 9.92. The fourth-order valence-electron chi connectivity index (χ4n) is 10.6. The molecule has 0 saturated carbocycles. The zero-order valence-electron chi connectivity index (χ0n) is 41.6. The minimum atomic E-state index is -0.440. The zero-order chi connectivity index (χ0) is 52.1. The number of anilines is 1. The molecule has 0 spiro atoms. The number of aromatic nitrogens is 7. The van der Waals surface area contributed by atoms with Gasteiger partial charge in [-0.15, -0.1) is 0 Å². The van der Waals surface area contributed by atoms with Gasteiger partial charge in [0, 0.05) is 49.7 Å². The zero-order valence-corrected chi connectivity index (χ0v) is 41.6. The monoisotopic (exact) mass is 1000 g/mol. The Morgan fingerprint density at radius 2 is 0.603 bits per heavy atom. The van der Waals surface area contributed by atoms with E-state index in [0.717, 1.165) is 77.4 Å². The van der Waals surface area contributed by atoms with Crippen LogP contribution in [0.3, 0.4) is 0 Å². The molecule has 2 amide bonds. The lowest BCUT2D eigenvalue weighted by Gasteiger charge is -2.22. The average Bonchev–Trinajstić information content (AvgIpc) is 4.19. The molecular weight excluding hydrogens is 961 g/mol. The summed E-state index contributed by atoms with van der Waals surface area (Å²) in [7, 11) is 0. The molecule has 1 aliphatic heterocycles. The van der Waals surface area contributed by atoms with Gasteiger partial charge >= 0.3 is 0 Å². The van der Waals surface area contributed by atoms with E-state index in [0.29, 0.717) is 51.9 Å². The van der Waals surface area contributed by atoms with Crippen LogP contribution in [0.1, 0.15) is 20.7 Å². The summed E-state index contributed by atoms with van der Waals surface area (Å²) in [4.78, 5) is 62.7. The maximum absolute atomic E-state index is 15.7. The lowest BCUT2D eigenvalue weighted by Crippen LogP contribution is -2.30. The molecule has 0 unspecified atom stereocenters. The number of hydrogen-bond donors (Lipinski definition) is 0. The number of fused-ring (bicyclic) bond motifs is 4. The highest BCUT2D eigenvalue weighted by Gasteiger charge is 2.41. The van der Waals surface area contributed by atoms with Crippen molar-refractivity contribution in [2.75, 3.05) is 4.90 Å². The van der Waals surface area contributed by atoms with Gasteiger partial charge in [-0.25, -0.2) is 34.8 Å². The normalized spacial score (nSPS) is 12.1. The Morgan fingerprint density at radius 3 is 1.01 bits per heavy atom. The molecule has 0 fully saturated rings. The molecule has 4 heterocycles. The van der Waals surface area contributed by atoms with Gasteiger partial charge in [-0.1, -0.05) is 224 Å².